The van der Waals surface area contributed by atoms with E-state index in [9.17, 15) is 13.2 Å². The lowest BCUT2D eigenvalue weighted by Gasteiger charge is -2.26. The quantitative estimate of drug-likeness (QED) is 0.528. The standard InChI is InChI=1S/C25H28N2O5S/c1-17-13-18(2)25(19(3)14-17)26-24(28)16-27(33(29,30)21-9-7-6-8-10-21)22-15-20(31-4)11-12-23(22)32-5/h6-15H,16H2,1-5H3,(H,26,28). The van der Waals surface area contributed by atoms with E-state index in [1.54, 1.807) is 30.3 Å². The summed E-state index contributed by atoms with van der Waals surface area (Å²) in [4.78, 5) is 13.2. The zero-order valence-electron chi connectivity index (χ0n) is 19.4. The number of carbonyl (C=O) groups is 1. The van der Waals surface area contributed by atoms with Gasteiger partial charge in [0.1, 0.15) is 18.0 Å². The summed E-state index contributed by atoms with van der Waals surface area (Å²) < 4.78 is 39.0. The lowest BCUT2D eigenvalue weighted by molar-refractivity contribution is -0.114. The van der Waals surface area contributed by atoms with Crippen LogP contribution in [-0.4, -0.2) is 35.1 Å². The maximum Gasteiger partial charge on any atom is 0.264 e. The van der Waals surface area contributed by atoms with Crippen molar-refractivity contribution in [1.29, 1.82) is 0 Å². The molecule has 0 fully saturated rings. The first-order valence-corrected chi connectivity index (χ1v) is 11.8. The molecule has 0 heterocycles. The number of sulfonamides is 1. The maximum absolute atomic E-state index is 13.6. The van der Waals surface area contributed by atoms with Crippen LogP contribution in [0, 0.1) is 20.8 Å². The molecule has 0 unspecified atom stereocenters. The average molecular weight is 469 g/mol. The van der Waals surface area contributed by atoms with Crippen LogP contribution in [0.4, 0.5) is 11.4 Å². The van der Waals surface area contributed by atoms with Crippen molar-refractivity contribution in [3.05, 3.63) is 77.4 Å². The van der Waals surface area contributed by atoms with Crippen LogP contribution < -0.4 is 19.1 Å². The summed E-state index contributed by atoms with van der Waals surface area (Å²) in [6.07, 6.45) is 0. The zero-order valence-corrected chi connectivity index (χ0v) is 20.2. The van der Waals surface area contributed by atoms with Crippen molar-refractivity contribution in [2.45, 2.75) is 25.7 Å². The van der Waals surface area contributed by atoms with Gasteiger partial charge in [0.05, 0.1) is 24.8 Å². The van der Waals surface area contributed by atoms with Crippen LogP contribution in [0.15, 0.2) is 65.6 Å². The highest BCUT2D eigenvalue weighted by Crippen LogP contribution is 2.35. The molecular formula is C25H28N2O5S. The molecule has 3 aromatic carbocycles. The van der Waals surface area contributed by atoms with Crippen LogP contribution >= 0.6 is 0 Å². The van der Waals surface area contributed by atoms with Gasteiger partial charge in [-0.15, -0.1) is 0 Å². The summed E-state index contributed by atoms with van der Waals surface area (Å²) in [6.45, 7) is 5.33. The zero-order chi connectivity index (χ0) is 24.2. The van der Waals surface area contributed by atoms with Gasteiger partial charge in [-0.3, -0.25) is 9.10 Å². The lowest BCUT2D eigenvalue weighted by Crippen LogP contribution is -2.38. The van der Waals surface area contributed by atoms with Crippen LogP contribution in [0.3, 0.4) is 0 Å². The van der Waals surface area contributed by atoms with Crippen molar-refractivity contribution in [2.24, 2.45) is 0 Å². The van der Waals surface area contributed by atoms with Crippen molar-refractivity contribution >= 4 is 27.3 Å². The molecule has 7 nitrogen and oxygen atoms in total. The van der Waals surface area contributed by atoms with Gasteiger partial charge in [0, 0.05) is 11.8 Å². The molecule has 0 atom stereocenters. The molecule has 33 heavy (non-hydrogen) atoms. The highest BCUT2D eigenvalue weighted by Gasteiger charge is 2.30. The second kappa shape index (κ2) is 9.95. The van der Waals surface area contributed by atoms with Gasteiger partial charge in [0.15, 0.2) is 0 Å². The van der Waals surface area contributed by atoms with Crippen LogP contribution in [0.1, 0.15) is 16.7 Å². The summed E-state index contributed by atoms with van der Waals surface area (Å²) in [5.74, 6) is 0.255. The van der Waals surface area contributed by atoms with Gasteiger partial charge in [-0.2, -0.15) is 0 Å². The lowest BCUT2D eigenvalue weighted by atomic mass is 10.1. The molecule has 0 aliphatic rings. The van der Waals surface area contributed by atoms with E-state index < -0.39 is 22.5 Å². The Morgan fingerprint density at radius 3 is 2.12 bits per heavy atom. The van der Waals surface area contributed by atoms with Gasteiger partial charge in [-0.1, -0.05) is 35.9 Å². The van der Waals surface area contributed by atoms with Gasteiger partial charge in [-0.05, 0) is 56.2 Å². The SMILES string of the molecule is COc1ccc(OC)c(N(CC(=O)Nc2c(C)cc(C)cc2C)S(=O)(=O)c2ccccc2)c1. The van der Waals surface area contributed by atoms with Gasteiger partial charge >= 0.3 is 0 Å². The molecule has 0 aromatic heterocycles. The Bertz CT molecular complexity index is 1230. The molecule has 0 aliphatic carbocycles. The number of benzene rings is 3. The Morgan fingerprint density at radius 1 is 0.909 bits per heavy atom. The van der Waals surface area contributed by atoms with Crippen LogP contribution in [0.5, 0.6) is 11.5 Å². The molecule has 8 heteroatoms. The van der Waals surface area contributed by atoms with E-state index in [1.165, 1.54) is 32.4 Å². The third kappa shape index (κ3) is 5.28. The monoisotopic (exact) mass is 468 g/mol. The number of hydrogen-bond donors (Lipinski definition) is 1. The van der Waals surface area contributed by atoms with Crippen LogP contribution in [0.2, 0.25) is 0 Å². The fourth-order valence-electron chi connectivity index (χ4n) is 3.70. The molecule has 0 saturated heterocycles. The van der Waals surface area contributed by atoms with Gasteiger partial charge < -0.3 is 14.8 Å². The number of ether oxygens (including phenoxy) is 2. The average Bonchev–Trinajstić information content (AvgIpc) is 2.79. The maximum atomic E-state index is 13.6. The molecule has 0 saturated carbocycles. The minimum absolute atomic E-state index is 0.0605. The van der Waals surface area contributed by atoms with Gasteiger partial charge in [-0.25, -0.2) is 8.42 Å². The molecular weight excluding hydrogens is 440 g/mol. The Balaban J connectivity index is 2.06. The number of methoxy groups -OCH3 is 2. The van der Waals surface area contributed by atoms with Crippen LogP contribution in [-0.2, 0) is 14.8 Å². The molecule has 0 spiro atoms. The second-order valence-electron chi connectivity index (χ2n) is 7.68. The summed E-state index contributed by atoms with van der Waals surface area (Å²) in [5.41, 5.74) is 3.75. The number of anilines is 2. The van der Waals surface area contributed by atoms with Gasteiger partial charge in [0.25, 0.3) is 10.0 Å². The Kier molecular flexibility index (Phi) is 7.28. The third-order valence-electron chi connectivity index (χ3n) is 5.21. The number of aryl methyl sites for hydroxylation is 3. The number of carbonyl (C=O) groups excluding carboxylic acids is 1. The topological polar surface area (TPSA) is 84.9 Å². The Morgan fingerprint density at radius 2 is 1.55 bits per heavy atom. The number of nitrogens with zero attached hydrogens (tertiary/aromatic N) is 1. The predicted octanol–water partition coefficient (Wildman–Crippen LogP) is 4.46. The van der Waals surface area contributed by atoms with E-state index in [0.29, 0.717) is 17.2 Å². The van der Waals surface area contributed by atoms with Crippen molar-refractivity contribution < 1.29 is 22.7 Å². The largest absolute Gasteiger partial charge is 0.497 e. The van der Waals surface area contributed by atoms with Crippen molar-refractivity contribution in [1.82, 2.24) is 0 Å². The molecule has 0 bridgehead atoms. The third-order valence-corrected chi connectivity index (χ3v) is 6.99. The first-order chi connectivity index (χ1) is 15.7. The minimum atomic E-state index is -4.09. The van der Waals surface area contributed by atoms with E-state index in [4.69, 9.17) is 9.47 Å². The first-order valence-electron chi connectivity index (χ1n) is 10.3. The number of hydrogen-bond acceptors (Lipinski definition) is 5. The fraction of sp³-hybridized carbons (Fsp3) is 0.240. The molecule has 174 valence electrons. The van der Waals surface area contributed by atoms with E-state index in [2.05, 4.69) is 5.32 Å². The van der Waals surface area contributed by atoms with E-state index in [1.807, 2.05) is 32.9 Å². The van der Waals surface area contributed by atoms with Crippen molar-refractivity contribution in [3.8, 4) is 11.5 Å². The number of amides is 1. The molecule has 3 aromatic rings. The normalized spacial score (nSPS) is 11.1. The van der Waals surface area contributed by atoms with Crippen molar-refractivity contribution in [2.75, 3.05) is 30.4 Å². The molecule has 1 amide bonds. The van der Waals surface area contributed by atoms with Crippen LogP contribution in [0.25, 0.3) is 0 Å². The van der Waals surface area contributed by atoms with Crippen molar-refractivity contribution in [3.63, 3.8) is 0 Å². The Hall–Kier alpha value is -3.52. The minimum Gasteiger partial charge on any atom is -0.497 e. The Labute approximate surface area is 195 Å². The first kappa shape index (κ1) is 24.1. The molecule has 0 aliphatic heterocycles. The summed E-state index contributed by atoms with van der Waals surface area (Å²) in [6, 6.07) is 16.7. The highest BCUT2D eigenvalue weighted by atomic mass is 32.2. The number of nitrogens with one attached hydrogen (secondary N) is 1. The molecule has 0 radical (unpaired) electrons. The van der Waals surface area contributed by atoms with E-state index >= 15 is 0 Å². The molecule has 1 N–H and O–H groups in total. The van der Waals surface area contributed by atoms with E-state index in [0.717, 1.165) is 21.0 Å². The fourth-order valence-corrected chi connectivity index (χ4v) is 5.14. The smallest absolute Gasteiger partial charge is 0.264 e. The summed E-state index contributed by atoms with van der Waals surface area (Å²) >= 11 is 0. The van der Waals surface area contributed by atoms with E-state index in [-0.39, 0.29) is 10.6 Å². The number of rotatable bonds is 8. The highest BCUT2D eigenvalue weighted by molar-refractivity contribution is 7.92. The second-order valence-corrected chi connectivity index (χ2v) is 9.55. The summed E-state index contributed by atoms with van der Waals surface area (Å²) in [7, 11) is -1.16. The van der Waals surface area contributed by atoms with Gasteiger partial charge in [0.2, 0.25) is 5.91 Å². The predicted molar refractivity (Wildman–Crippen MR) is 130 cm³/mol. The summed E-state index contributed by atoms with van der Waals surface area (Å²) in [5, 5.41) is 2.88. The molecule has 3 rings (SSSR count).